The highest BCUT2D eigenvalue weighted by Crippen LogP contribution is 2.25. The van der Waals surface area contributed by atoms with E-state index < -0.39 is 0 Å². The van der Waals surface area contributed by atoms with Gasteiger partial charge >= 0.3 is 5.97 Å². The number of ether oxygens (including phenoxy) is 1. The van der Waals surface area contributed by atoms with Gasteiger partial charge in [0.25, 0.3) is 0 Å². The zero-order valence-electron chi connectivity index (χ0n) is 14.5. The second kappa shape index (κ2) is 7.42. The van der Waals surface area contributed by atoms with Gasteiger partial charge in [-0.2, -0.15) is 5.10 Å². The number of carbonyl (C=O) groups excluding carboxylic acids is 1. The first-order valence-electron chi connectivity index (χ1n) is 7.88. The minimum absolute atomic E-state index is 0.287. The Morgan fingerprint density at radius 3 is 2.43 bits per heavy atom. The number of nitrogens with zero attached hydrogens (tertiary/aromatic N) is 1. The monoisotopic (exact) mass is 315 g/mol. The van der Waals surface area contributed by atoms with Crippen molar-refractivity contribution < 1.29 is 9.53 Å². The van der Waals surface area contributed by atoms with E-state index in [0.29, 0.717) is 11.8 Å². The maximum absolute atomic E-state index is 11.1. The Morgan fingerprint density at radius 1 is 1.26 bits per heavy atom. The molecule has 0 aliphatic carbocycles. The van der Waals surface area contributed by atoms with Crippen molar-refractivity contribution in [2.45, 2.75) is 53.6 Å². The Labute approximate surface area is 137 Å². The lowest BCUT2D eigenvalue weighted by atomic mass is 10.0. The SMILES string of the molecule is CC(=O)Oc1c(C)cc(CNC(C)Cc2cc(C)[nH]n2)cc1C. The summed E-state index contributed by atoms with van der Waals surface area (Å²) >= 11 is 0. The van der Waals surface area contributed by atoms with Gasteiger partial charge in [-0.15, -0.1) is 0 Å². The number of H-pyrrole nitrogens is 1. The smallest absolute Gasteiger partial charge is 0.308 e. The number of esters is 1. The van der Waals surface area contributed by atoms with Crippen LogP contribution in [0.1, 0.15) is 41.9 Å². The molecule has 2 N–H and O–H groups in total. The summed E-state index contributed by atoms with van der Waals surface area (Å²) in [7, 11) is 0. The highest BCUT2D eigenvalue weighted by Gasteiger charge is 2.10. The first-order chi connectivity index (χ1) is 10.8. The summed E-state index contributed by atoms with van der Waals surface area (Å²) in [5.41, 5.74) is 5.29. The molecular formula is C18H25N3O2. The minimum atomic E-state index is -0.287. The maximum atomic E-state index is 11.1. The number of hydrogen-bond acceptors (Lipinski definition) is 4. The molecular weight excluding hydrogens is 290 g/mol. The van der Waals surface area contributed by atoms with Gasteiger partial charge in [-0.3, -0.25) is 9.89 Å². The van der Waals surface area contributed by atoms with E-state index in [1.807, 2.05) is 20.8 Å². The molecule has 1 aromatic carbocycles. The zero-order valence-corrected chi connectivity index (χ0v) is 14.5. The van der Waals surface area contributed by atoms with E-state index in [-0.39, 0.29) is 5.97 Å². The Balaban J connectivity index is 1.96. The maximum Gasteiger partial charge on any atom is 0.308 e. The van der Waals surface area contributed by atoms with Crippen LogP contribution in [0.15, 0.2) is 18.2 Å². The van der Waals surface area contributed by atoms with Crippen LogP contribution < -0.4 is 10.1 Å². The largest absolute Gasteiger partial charge is 0.426 e. The van der Waals surface area contributed by atoms with Gasteiger partial charge in [-0.1, -0.05) is 12.1 Å². The molecule has 1 unspecified atom stereocenters. The summed E-state index contributed by atoms with van der Waals surface area (Å²) in [4.78, 5) is 11.1. The van der Waals surface area contributed by atoms with Crippen LogP contribution in [0.5, 0.6) is 5.75 Å². The topological polar surface area (TPSA) is 67.0 Å². The normalized spacial score (nSPS) is 12.2. The van der Waals surface area contributed by atoms with Crippen molar-refractivity contribution in [2.75, 3.05) is 0 Å². The summed E-state index contributed by atoms with van der Waals surface area (Å²) < 4.78 is 5.27. The van der Waals surface area contributed by atoms with E-state index in [1.54, 1.807) is 0 Å². The number of nitrogens with one attached hydrogen (secondary N) is 2. The van der Waals surface area contributed by atoms with E-state index in [1.165, 1.54) is 12.5 Å². The molecule has 0 aliphatic rings. The van der Waals surface area contributed by atoms with Crippen molar-refractivity contribution in [1.82, 2.24) is 15.5 Å². The lowest BCUT2D eigenvalue weighted by molar-refractivity contribution is -0.131. The van der Waals surface area contributed by atoms with Gasteiger partial charge in [0.05, 0.1) is 5.69 Å². The van der Waals surface area contributed by atoms with Gasteiger partial charge in [0, 0.05) is 31.6 Å². The van der Waals surface area contributed by atoms with Crippen molar-refractivity contribution in [3.05, 3.63) is 46.3 Å². The molecule has 23 heavy (non-hydrogen) atoms. The third-order valence-corrected chi connectivity index (χ3v) is 3.69. The lowest BCUT2D eigenvalue weighted by Gasteiger charge is -2.15. The summed E-state index contributed by atoms with van der Waals surface area (Å²) in [6.07, 6.45) is 0.883. The molecule has 1 aromatic heterocycles. The van der Waals surface area contributed by atoms with E-state index in [2.05, 4.69) is 40.6 Å². The van der Waals surface area contributed by atoms with Crippen molar-refractivity contribution >= 4 is 5.97 Å². The number of aromatic nitrogens is 2. The number of hydrogen-bond donors (Lipinski definition) is 2. The number of rotatable bonds is 6. The van der Waals surface area contributed by atoms with Crippen LogP contribution in [0.4, 0.5) is 0 Å². The fourth-order valence-electron chi connectivity index (χ4n) is 2.70. The van der Waals surface area contributed by atoms with Gasteiger partial charge in [0.1, 0.15) is 5.75 Å². The first-order valence-corrected chi connectivity index (χ1v) is 7.88. The van der Waals surface area contributed by atoms with Crippen molar-refractivity contribution in [1.29, 1.82) is 0 Å². The number of benzene rings is 1. The molecule has 0 aliphatic heterocycles. The predicted molar refractivity (Wildman–Crippen MR) is 90.6 cm³/mol. The Morgan fingerprint density at radius 2 is 1.91 bits per heavy atom. The molecule has 2 rings (SSSR count). The molecule has 0 bridgehead atoms. The number of aromatic amines is 1. The average Bonchev–Trinajstić information content (AvgIpc) is 2.85. The van der Waals surface area contributed by atoms with Crippen LogP contribution in [0, 0.1) is 20.8 Å². The number of carbonyl (C=O) groups is 1. The Hall–Kier alpha value is -2.14. The highest BCUT2D eigenvalue weighted by atomic mass is 16.5. The first kappa shape index (κ1) is 17.2. The molecule has 1 heterocycles. The van der Waals surface area contributed by atoms with Crippen LogP contribution in [-0.4, -0.2) is 22.2 Å². The molecule has 124 valence electrons. The fraction of sp³-hybridized carbons (Fsp3) is 0.444. The van der Waals surface area contributed by atoms with Crippen LogP contribution in [0.25, 0.3) is 0 Å². The third kappa shape index (κ3) is 4.93. The predicted octanol–water partition coefficient (Wildman–Crippen LogP) is 2.98. The summed E-state index contributed by atoms with van der Waals surface area (Å²) in [6, 6.07) is 6.51. The molecule has 0 saturated heterocycles. The van der Waals surface area contributed by atoms with Gasteiger partial charge in [0.2, 0.25) is 0 Å². The standard InChI is InChI=1S/C18H25N3O2/c1-11-6-16(7-12(2)18(11)23-15(5)22)10-19-13(3)8-17-9-14(4)20-21-17/h6-7,9,13,19H,8,10H2,1-5H3,(H,20,21). The van der Waals surface area contributed by atoms with E-state index in [9.17, 15) is 4.79 Å². The molecule has 5 nitrogen and oxygen atoms in total. The van der Waals surface area contributed by atoms with Crippen LogP contribution in [-0.2, 0) is 17.8 Å². The van der Waals surface area contributed by atoms with Crippen molar-refractivity contribution in [2.24, 2.45) is 0 Å². The third-order valence-electron chi connectivity index (χ3n) is 3.69. The van der Waals surface area contributed by atoms with Crippen molar-refractivity contribution in [3.8, 4) is 5.75 Å². The van der Waals surface area contributed by atoms with Crippen LogP contribution in [0.2, 0.25) is 0 Å². The van der Waals surface area contributed by atoms with Gasteiger partial charge in [0.15, 0.2) is 0 Å². The number of aryl methyl sites for hydroxylation is 3. The van der Waals surface area contributed by atoms with Crippen LogP contribution in [0.3, 0.4) is 0 Å². The quantitative estimate of drug-likeness (QED) is 0.635. The molecule has 1 atom stereocenters. The fourth-order valence-corrected chi connectivity index (χ4v) is 2.70. The average molecular weight is 315 g/mol. The molecule has 0 amide bonds. The summed E-state index contributed by atoms with van der Waals surface area (Å²) in [5, 5.41) is 10.7. The van der Waals surface area contributed by atoms with Crippen molar-refractivity contribution in [3.63, 3.8) is 0 Å². The molecule has 2 aromatic rings. The molecule has 5 heteroatoms. The zero-order chi connectivity index (χ0) is 17.0. The second-order valence-electron chi connectivity index (χ2n) is 6.18. The summed E-state index contributed by atoms with van der Waals surface area (Å²) in [6.45, 7) is 10.3. The van der Waals surface area contributed by atoms with Crippen LogP contribution >= 0.6 is 0 Å². The van der Waals surface area contributed by atoms with Gasteiger partial charge in [-0.05, 0) is 50.5 Å². The Bertz CT molecular complexity index is 668. The lowest BCUT2D eigenvalue weighted by Crippen LogP contribution is -2.27. The summed E-state index contributed by atoms with van der Waals surface area (Å²) in [5.74, 6) is 0.381. The van der Waals surface area contributed by atoms with E-state index in [0.717, 1.165) is 35.5 Å². The second-order valence-corrected chi connectivity index (χ2v) is 6.18. The van der Waals surface area contributed by atoms with E-state index in [4.69, 9.17) is 4.74 Å². The van der Waals surface area contributed by atoms with E-state index >= 15 is 0 Å². The highest BCUT2D eigenvalue weighted by molar-refractivity contribution is 5.70. The molecule has 0 fully saturated rings. The van der Waals surface area contributed by atoms with Gasteiger partial charge in [-0.25, -0.2) is 0 Å². The Kier molecular flexibility index (Phi) is 5.55. The minimum Gasteiger partial charge on any atom is -0.426 e. The molecule has 0 spiro atoms. The molecule has 0 radical (unpaired) electrons. The molecule has 0 saturated carbocycles. The van der Waals surface area contributed by atoms with Gasteiger partial charge < -0.3 is 10.1 Å².